The van der Waals surface area contributed by atoms with E-state index in [4.69, 9.17) is 4.74 Å². The highest BCUT2D eigenvalue weighted by Crippen LogP contribution is 2.17. The third-order valence-corrected chi connectivity index (χ3v) is 1.65. The van der Waals surface area contributed by atoms with Gasteiger partial charge in [0, 0.05) is 11.1 Å². The van der Waals surface area contributed by atoms with Crippen LogP contribution in [0.25, 0.3) is 0 Å². The van der Waals surface area contributed by atoms with Crippen molar-refractivity contribution in [2.75, 3.05) is 7.11 Å². The number of aryl methyl sites for hydroxylation is 1. The molecule has 0 N–H and O–H groups in total. The molecule has 0 saturated heterocycles. The summed E-state index contributed by atoms with van der Waals surface area (Å²) >= 11 is 1.55. The monoisotopic (exact) mass is 159 g/mol. The largest absolute Gasteiger partial charge is 0.473 e. The molecule has 0 aliphatic heterocycles. The van der Waals surface area contributed by atoms with Crippen molar-refractivity contribution in [3.05, 3.63) is 11.1 Å². The minimum absolute atomic E-state index is 0.738. The van der Waals surface area contributed by atoms with Crippen LogP contribution in [0.3, 0.4) is 0 Å². The van der Waals surface area contributed by atoms with Gasteiger partial charge in [0.1, 0.15) is 0 Å². The molecule has 0 bridgehead atoms. The Labute approximate surface area is 65.9 Å². The van der Waals surface area contributed by atoms with Crippen molar-refractivity contribution in [3.63, 3.8) is 0 Å². The molecule has 0 aromatic carbocycles. The second-order valence-electron chi connectivity index (χ2n) is 1.44. The van der Waals surface area contributed by atoms with Crippen LogP contribution in [0.4, 0.5) is 0 Å². The topological polar surface area (TPSA) is 22.1 Å². The van der Waals surface area contributed by atoms with Gasteiger partial charge in [-0.05, 0) is 6.92 Å². The van der Waals surface area contributed by atoms with Crippen molar-refractivity contribution in [2.24, 2.45) is 0 Å². The van der Waals surface area contributed by atoms with Crippen molar-refractivity contribution in [3.8, 4) is 5.19 Å². The van der Waals surface area contributed by atoms with E-state index in [1.54, 1.807) is 24.6 Å². The highest BCUT2D eigenvalue weighted by Gasteiger charge is 1.92. The molecule has 1 rings (SSSR count). The minimum atomic E-state index is 0.738. The molecule has 3 heteroatoms. The van der Waals surface area contributed by atoms with Crippen molar-refractivity contribution in [2.45, 2.75) is 20.8 Å². The van der Waals surface area contributed by atoms with E-state index in [1.165, 1.54) is 4.88 Å². The molecular weight excluding hydrogens is 146 g/mol. The maximum absolute atomic E-state index is 4.84. The molecule has 0 spiro atoms. The van der Waals surface area contributed by atoms with Crippen LogP contribution in [0.15, 0.2) is 6.20 Å². The van der Waals surface area contributed by atoms with Crippen LogP contribution in [-0.4, -0.2) is 12.1 Å². The van der Waals surface area contributed by atoms with Crippen LogP contribution in [0.1, 0.15) is 18.7 Å². The zero-order valence-electron chi connectivity index (χ0n) is 6.84. The summed E-state index contributed by atoms with van der Waals surface area (Å²) in [4.78, 5) is 5.11. The third-order valence-electron chi connectivity index (χ3n) is 0.775. The van der Waals surface area contributed by atoms with Crippen LogP contribution in [0.5, 0.6) is 5.19 Å². The Bertz CT molecular complexity index is 174. The Balaban J connectivity index is 0.000000371. The Kier molecular flexibility index (Phi) is 4.94. The molecule has 0 aliphatic carbocycles. The van der Waals surface area contributed by atoms with E-state index < -0.39 is 0 Å². The molecule has 58 valence electrons. The van der Waals surface area contributed by atoms with Gasteiger partial charge in [-0.3, -0.25) is 0 Å². The summed E-state index contributed by atoms with van der Waals surface area (Å²) in [5.74, 6) is 0. The maximum atomic E-state index is 4.84. The molecule has 10 heavy (non-hydrogen) atoms. The maximum Gasteiger partial charge on any atom is 0.273 e. The number of methoxy groups -OCH3 is 1. The second-order valence-corrected chi connectivity index (χ2v) is 2.64. The Morgan fingerprint density at radius 3 is 2.30 bits per heavy atom. The summed E-state index contributed by atoms with van der Waals surface area (Å²) in [6.07, 6.45) is 1.80. The number of nitrogens with zero attached hydrogens (tertiary/aromatic N) is 1. The van der Waals surface area contributed by atoms with Crippen LogP contribution in [0.2, 0.25) is 0 Å². The van der Waals surface area contributed by atoms with Gasteiger partial charge in [0.2, 0.25) is 0 Å². The first-order valence-electron chi connectivity index (χ1n) is 3.29. The first kappa shape index (κ1) is 9.43. The molecule has 0 saturated carbocycles. The molecule has 0 amide bonds. The van der Waals surface area contributed by atoms with E-state index in [1.807, 2.05) is 20.8 Å². The average molecular weight is 159 g/mol. The molecule has 0 fully saturated rings. The quantitative estimate of drug-likeness (QED) is 0.628. The number of hydrogen-bond donors (Lipinski definition) is 0. The number of ether oxygens (including phenoxy) is 1. The van der Waals surface area contributed by atoms with Crippen molar-refractivity contribution >= 4 is 11.3 Å². The summed E-state index contributed by atoms with van der Waals surface area (Å²) in [5, 5.41) is 0.738. The molecule has 0 atom stereocenters. The van der Waals surface area contributed by atoms with Crippen LogP contribution < -0.4 is 4.74 Å². The zero-order chi connectivity index (χ0) is 7.98. The Hall–Kier alpha value is -0.570. The molecule has 1 aromatic heterocycles. The first-order valence-corrected chi connectivity index (χ1v) is 4.11. The van der Waals surface area contributed by atoms with Crippen molar-refractivity contribution < 1.29 is 4.74 Å². The standard InChI is InChI=1S/C5H7NOS.C2H6/c1-4-3-6-5(7-2)8-4;1-2/h3H,1-2H3;1-2H3. The lowest BCUT2D eigenvalue weighted by molar-refractivity contribution is 0.412. The zero-order valence-corrected chi connectivity index (χ0v) is 7.66. The molecule has 1 heterocycles. The van der Waals surface area contributed by atoms with Crippen molar-refractivity contribution in [1.82, 2.24) is 4.98 Å². The van der Waals surface area contributed by atoms with Gasteiger partial charge >= 0.3 is 0 Å². The van der Waals surface area contributed by atoms with Gasteiger partial charge in [-0.2, -0.15) is 0 Å². The van der Waals surface area contributed by atoms with E-state index in [2.05, 4.69) is 4.98 Å². The number of thiazole rings is 1. The summed E-state index contributed by atoms with van der Waals surface area (Å²) in [5.41, 5.74) is 0. The van der Waals surface area contributed by atoms with Gasteiger partial charge < -0.3 is 4.74 Å². The minimum Gasteiger partial charge on any atom is -0.473 e. The van der Waals surface area contributed by atoms with E-state index in [9.17, 15) is 0 Å². The van der Waals surface area contributed by atoms with Crippen molar-refractivity contribution in [1.29, 1.82) is 0 Å². The normalized spacial score (nSPS) is 8.00. The van der Waals surface area contributed by atoms with E-state index in [0.29, 0.717) is 0 Å². The summed E-state index contributed by atoms with van der Waals surface area (Å²) in [6, 6.07) is 0. The van der Waals surface area contributed by atoms with E-state index in [-0.39, 0.29) is 0 Å². The van der Waals surface area contributed by atoms with E-state index in [0.717, 1.165) is 5.19 Å². The van der Waals surface area contributed by atoms with Gasteiger partial charge in [-0.15, -0.1) is 0 Å². The summed E-state index contributed by atoms with van der Waals surface area (Å²) in [7, 11) is 1.62. The SMILES string of the molecule is CC.COc1ncc(C)s1. The summed E-state index contributed by atoms with van der Waals surface area (Å²) < 4.78 is 4.84. The van der Waals surface area contributed by atoms with Crippen LogP contribution in [-0.2, 0) is 0 Å². The fourth-order valence-corrected chi connectivity index (χ4v) is 0.998. The molecular formula is C7H13NOS. The molecule has 0 aliphatic rings. The average Bonchev–Trinajstić information content (AvgIpc) is 2.40. The third kappa shape index (κ3) is 2.82. The molecule has 1 aromatic rings. The predicted octanol–water partition coefficient (Wildman–Crippen LogP) is 2.49. The van der Waals surface area contributed by atoms with Gasteiger partial charge in [0.05, 0.1) is 7.11 Å². The van der Waals surface area contributed by atoms with Crippen LogP contribution >= 0.6 is 11.3 Å². The van der Waals surface area contributed by atoms with E-state index >= 15 is 0 Å². The molecule has 0 radical (unpaired) electrons. The predicted molar refractivity (Wildman–Crippen MR) is 44.8 cm³/mol. The van der Waals surface area contributed by atoms with Gasteiger partial charge in [-0.1, -0.05) is 25.2 Å². The highest BCUT2D eigenvalue weighted by molar-refractivity contribution is 7.13. The summed E-state index contributed by atoms with van der Waals surface area (Å²) in [6.45, 7) is 6.00. The number of rotatable bonds is 1. The number of aromatic nitrogens is 1. The smallest absolute Gasteiger partial charge is 0.273 e. The lowest BCUT2D eigenvalue weighted by Gasteiger charge is -1.84. The first-order chi connectivity index (χ1) is 4.83. The molecule has 2 nitrogen and oxygen atoms in total. The lowest BCUT2D eigenvalue weighted by atomic mass is 10.7. The molecule has 0 unspecified atom stereocenters. The van der Waals surface area contributed by atoms with Gasteiger partial charge in [0.15, 0.2) is 0 Å². The Morgan fingerprint density at radius 2 is 2.10 bits per heavy atom. The van der Waals surface area contributed by atoms with Gasteiger partial charge in [-0.25, -0.2) is 4.98 Å². The Morgan fingerprint density at radius 1 is 1.50 bits per heavy atom. The fourth-order valence-electron chi connectivity index (χ4n) is 0.428. The van der Waals surface area contributed by atoms with Crippen LogP contribution in [0, 0.1) is 6.92 Å². The number of hydrogen-bond acceptors (Lipinski definition) is 3. The fraction of sp³-hybridized carbons (Fsp3) is 0.571. The highest BCUT2D eigenvalue weighted by atomic mass is 32.1. The lowest BCUT2D eigenvalue weighted by Crippen LogP contribution is -1.76. The van der Waals surface area contributed by atoms with Gasteiger partial charge in [0.25, 0.3) is 5.19 Å². The second kappa shape index (κ2) is 5.23.